The molecule has 0 fully saturated rings. The van der Waals surface area contributed by atoms with Crippen molar-refractivity contribution < 1.29 is 13.9 Å². The maximum absolute atomic E-state index is 13.4. The van der Waals surface area contributed by atoms with Gasteiger partial charge in [-0.1, -0.05) is 19.1 Å². The zero-order chi connectivity index (χ0) is 15.2. The molecule has 0 spiro atoms. The summed E-state index contributed by atoms with van der Waals surface area (Å²) in [5, 5.41) is 3.40. The number of hydrogen-bond acceptors (Lipinski definition) is 3. The number of rotatable bonds is 6. The second kappa shape index (κ2) is 6.97. The van der Waals surface area contributed by atoms with Crippen LogP contribution in [0.15, 0.2) is 42.5 Å². The van der Waals surface area contributed by atoms with E-state index >= 15 is 0 Å². The fourth-order valence-corrected chi connectivity index (χ4v) is 2.27. The van der Waals surface area contributed by atoms with Gasteiger partial charge in [-0.2, -0.15) is 0 Å². The molecule has 0 bridgehead atoms. The molecule has 0 saturated carbocycles. The van der Waals surface area contributed by atoms with Crippen molar-refractivity contribution in [3.8, 4) is 11.5 Å². The minimum absolute atomic E-state index is 0.0406. The van der Waals surface area contributed by atoms with Crippen LogP contribution in [0.5, 0.6) is 11.5 Å². The number of benzene rings is 2. The molecule has 3 nitrogen and oxygen atoms in total. The summed E-state index contributed by atoms with van der Waals surface area (Å²) in [5.41, 5.74) is 1.83. The predicted octanol–water partition coefficient (Wildman–Crippen LogP) is 4.41. The fraction of sp³-hybridized carbons (Fsp3) is 0.294. The van der Waals surface area contributed by atoms with E-state index in [0.29, 0.717) is 11.5 Å². The first-order chi connectivity index (χ1) is 10.2. The normalized spacial score (nSPS) is 11.8. The third-order valence-corrected chi connectivity index (χ3v) is 3.38. The molecule has 2 rings (SSSR count). The highest BCUT2D eigenvalue weighted by molar-refractivity contribution is 5.55. The lowest BCUT2D eigenvalue weighted by Crippen LogP contribution is -2.10. The van der Waals surface area contributed by atoms with Crippen LogP contribution in [-0.2, 0) is 0 Å². The van der Waals surface area contributed by atoms with Crippen LogP contribution >= 0.6 is 0 Å². The molecular weight excluding hydrogens is 269 g/mol. The first-order valence-corrected chi connectivity index (χ1v) is 6.92. The number of nitrogens with one attached hydrogen (secondary N) is 1. The molecule has 2 aromatic carbocycles. The van der Waals surface area contributed by atoms with Crippen molar-refractivity contribution >= 4 is 5.69 Å². The van der Waals surface area contributed by atoms with E-state index in [2.05, 4.69) is 12.2 Å². The third-order valence-electron chi connectivity index (χ3n) is 3.38. The zero-order valence-electron chi connectivity index (χ0n) is 12.5. The Morgan fingerprint density at radius 1 is 1.05 bits per heavy atom. The number of anilines is 1. The van der Waals surface area contributed by atoms with Crippen molar-refractivity contribution in [2.45, 2.75) is 19.4 Å². The van der Waals surface area contributed by atoms with Gasteiger partial charge in [0.05, 0.1) is 20.3 Å². The minimum atomic E-state index is -0.222. The van der Waals surface area contributed by atoms with E-state index in [0.717, 1.165) is 17.7 Å². The van der Waals surface area contributed by atoms with Crippen molar-refractivity contribution in [2.24, 2.45) is 0 Å². The van der Waals surface area contributed by atoms with Gasteiger partial charge >= 0.3 is 0 Å². The van der Waals surface area contributed by atoms with Crippen molar-refractivity contribution in [3.63, 3.8) is 0 Å². The van der Waals surface area contributed by atoms with Gasteiger partial charge in [0, 0.05) is 11.8 Å². The molecule has 4 heteroatoms. The Kier molecular flexibility index (Phi) is 5.04. The molecule has 0 radical (unpaired) electrons. The largest absolute Gasteiger partial charge is 0.493 e. The lowest BCUT2D eigenvalue weighted by atomic mass is 10.0. The van der Waals surface area contributed by atoms with Crippen molar-refractivity contribution in [3.05, 3.63) is 53.8 Å². The van der Waals surface area contributed by atoms with Gasteiger partial charge in [-0.3, -0.25) is 0 Å². The lowest BCUT2D eigenvalue weighted by molar-refractivity contribution is 0.355. The van der Waals surface area contributed by atoms with E-state index in [1.807, 2.05) is 24.3 Å². The topological polar surface area (TPSA) is 30.5 Å². The first kappa shape index (κ1) is 15.2. The molecular formula is C17H20FNO2. The van der Waals surface area contributed by atoms with E-state index in [1.165, 1.54) is 6.07 Å². The molecule has 112 valence electrons. The highest BCUT2D eigenvalue weighted by atomic mass is 19.1. The molecule has 1 unspecified atom stereocenters. The van der Waals surface area contributed by atoms with Crippen LogP contribution in [0.3, 0.4) is 0 Å². The van der Waals surface area contributed by atoms with E-state index in [1.54, 1.807) is 26.4 Å². The molecule has 0 saturated heterocycles. The fourth-order valence-electron chi connectivity index (χ4n) is 2.27. The van der Waals surface area contributed by atoms with E-state index in [-0.39, 0.29) is 11.9 Å². The lowest BCUT2D eigenvalue weighted by Gasteiger charge is -2.20. The maximum Gasteiger partial charge on any atom is 0.162 e. The van der Waals surface area contributed by atoms with Gasteiger partial charge in [-0.25, -0.2) is 4.39 Å². The Balaban J connectivity index is 2.22. The van der Waals surface area contributed by atoms with Crippen LogP contribution < -0.4 is 14.8 Å². The van der Waals surface area contributed by atoms with Crippen LogP contribution in [-0.4, -0.2) is 14.2 Å². The van der Waals surface area contributed by atoms with Crippen LogP contribution in [0, 0.1) is 5.82 Å². The molecule has 0 aromatic heterocycles. The average Bonchev–Trinajstić information content (AvgIpc) is 2.52. The number of hydrogen-bond donors (Lipinski definition) is 1. The molecule has 1 N–H and O–H groups in total. The first-order valence-electron chi connectivity index (χ1n) is 6.92. The summed E-state index contributed by atoms with van der Waals surface area (Å²) in [5.74, 6) is 1.12. The van der Waals surface area contributed by atoms with Crippen LogP contribution in [0.1, 0.15) is 24.9 Å². The van der Waals surface area contributed by atoms with Crippen molar-refractivity contribution in [2.75, 3.05) is 19.5 Å². The molecule has 2 aromatic rings. The van der Waals surface area contributed by atoms with Crippen LogP contribution in [0.2, 0.25) is 0 Å². The monoisotopic (exact) mass is 289 g/mol. The Bertz CT molecular complexity index is 601. The summed E-state index contributed by atoms with van der Waals surface area (Å²) in [7, 11) is 3.21. The molecule has 1 atom stereocenters. The standard InChI is InChI=1S/C17H20FNO2/c1-4-15(12-6-5-7-13(18)10-12)19-14-8-9-16(20-2)17(11-14)21-3/h5-11,15,19H,4H2,1-3H3. The molecule has 0 aliphatic heterocycles. The Hall–Kier alpha value is -2.23. The molecule has 21 heavy (non-hydrogen) atoms. The molecule has 0 amide bonds. The molecule has 0 aliphatic rings. The minimum Gasteiger partial charge on any atom is -0.493 e. The predicted molar refractivity (Wildman–Crippen MR) is 82.6 cm³/mol. The van der Waals surface area contributed by atoms with Gasteiger partial charge in [0.1, 0.15) is 5.82 Å². The summed E-state index contributed by atoms with van der Waals surface area (Å²) < 4.78 is 23.9. The summed E-state index contributed by atoms with van der Waals surface area (Å²) >= 11 is 0. The summed E-state index contributed by atoms with van der Waals surface area (Å²) in [6.45, 7) is 2.06. The Labute approximate surface area is 124 Å². The smallest absolute Gasteiger partial charge is 0.162 e. The van der Waals surface area contributed by atoms with Crippen LogP contribution in [0.4, 0.5) is 10.1 Å². The van der Waals surface area contributed by atoms with Gasteiger partial charge in [-0.05, 0) is 36.2 Å². The molecule has 0 heterocycles. The summed E-state index contributed by atoms with van der Waals surface area (Å²) in [4.78, 5) is 0. The number of methoxy groups -OCH3 is 2. The van der Waals surface area contributed by atoms with Crippen molar-refractivity contribution in [1.29, 1.82) is 0 Å². The maximum atomic E-state index is 13.4. The third kappa shape index (κ3) is 3.66. The Morgan fingerprint density at radius 2 is 1.81 bits per heavy atom. The van der Waals surface area contributed by atoms with Crippen LogP contribution in [0.25, 0.3) is 0 Å². The highest BCUT2D eigenvalue weighted by Gasteiger charge is 2.11. The van der Waals surface area contributed by atoms with E-state index in [9.17, 15) is 4.39 Å². The van der Waals surface area contributed by atoms with Gasteiger partial charge in [-0.15, -0.1) is 0 Å². The zero-order valence-corrected chi connectivity index (χ0v) is 12.5. The number of ether oxygens (including phenoxy) is 2. The Morgan fingerprint density at radius 3 is 2.43 bits per heavy atom. The number of halogens is 1. The van der Waals surface area contributed by atoms with Gasteiger partial charge in [0.2, 0.25) is 0 Å². The van der Waals surface area contributed by atoms with E-state index < -0.39 is 0 Å². The van der Waals surface area contributed by atoms with Gasteiger partial charge in [0.25, 0.3) is 0 Å². The highest BCUT2D eigenvalue weighted by Crippen LogP contribution is 2.32. The van der Waals surface area contributed by atoms with Gasteiger partial charge in [0.15, 0.2) is 11.5 Å². The van der Waals surface area contributed by atoms with Crippen molar-refractivity contribution in [1.82, 2.24) is 0 Å². The van der Waals surface area contributed by atoms with Gasteiger partial charge < -0.3 is 14.8 Å². The average molecular weight is 289 g/mol. The second-order valence-corrected chi connectivity index (χ2v) is 4.73. The van der Waals surface area contributed by atoms with E-state index in [4.69, 9.17) is 9.47 Å². The second-order valence-electron chi connectivity index (χ2n) is 4.73. The SMILES string of the molecule is CCC(Nc1ccc(OC)c(OC)c1)c1cccc(F)c1. The summed E-state index contributed by atoms with van der Waals surface area (Å²) in [6.07, 6.45) is 0.845. The summed E-state index contributed by atoms with van der Waals surface area (Å²) in [6, 6.07) is 12.3. The quantitative estimate of drug-likeness (QED) is 0.854. The molecule has 0 aliphatic carbocycles.